The number of carbonyl (C=O) groups is 2. The summed E-state index contributed by atoms with van der Waals surface area (Å²) in [5.74, 6) is -1.16. The summed E-state index contributed by atoms with van der Waals surface area (Å²) in [6.45, 7) is 5.28. The molecule has 0 aromatic heterocycles. The Morgan fingerprint density at radius 3 is 2.38 bits per heavy atom. The van der Waals surface area contributed by atoms with E-state index in [2.05, 4.69) is 28.9 Å². The number of allylic oxidation sites excluding steroid dienone is 1. The van der Waals surface area contributed by atoms with Crippen LogP contribution >= 0.6 is 0 Å². The van der Waals surface area contributed by atoms with Gasteiger partial charge in [-0.15, -0.1) is 12.3 Å². The van der Waals surface area contributed by atoms with Crippen LogP contribution in [0.2, 0.25) is 0 Å². The number of carboxylic acid groups (broad SMARTS) is 1. The molecule has 0 saturated carbocycles. The Balaban J connectivity index is 0.00000420. The van der Waals surface area contributed by atoms with Crippen molar-refractivity contribution in [1.29, 1.82) is 0 Å². The van der Waals surface area contributed by atoms with Crippen LogP contribution < -0.4 is 0 Å². The van der Waals surface area contributed by atoms with Gasteiger partial charge in [0.25, 0.3) is 0 Å². The van der Waals surface area contributed by atoms with Crippen molar-refractivity contribution in [1.82, 2.24) is 4.90 Å². The van der Waals surface area contributed by atoms with E-state index in [4.69, 9.17) is 4.99 Å². The van der Waals surface area contributed by atoms with Crippen LogP contribution in [0.25, 0.3) is 5.32 Å². The third-order valence-electron chi connectivity index (χ3n) is 6.77. The number of carboxylic acids is 1. The summed E-state index contributed by atoms with van der Waals surface area (Å²) in [5, 5.41) is 14.5. The van der Waals surface area contributed by atoms with Crippen LogP contribution in [-0.2, 0) is 32.6 Å². The van der Waals surface area contributed by atoms with Gasteiger partial charge in [-0.25, -0.2) is 4.79 Å². The van der Waals surface area contributed by atoms with Gasteiger partial charge in [-0.1, -0.05) is 91.0 Å². The van der Waals surface area contributed by atoms with E-state index < -0.39 is 12.0 Å². The molecule has 1 amide bonds. The molecule has 1 aliphatic heterocycles. The number of rotatable bonds is 12. The molecule has 0 bridgehead atoms. The zero-order valence-electron chi connectivity index (χ0n) is 21.9. The topological polar surface area (TPSA) is 84.1 Å². The molecule has 1 fully saturated rings. The summed E-state index contributed by atoms with van der Waals surface area (Å²) in [7, 11) is 0. The van der Waals surface area contributed by atoms with Gasteiger partial charge in [0, 0.05) is 28.6 Å². The Kier molecular flexibility index (Phi) is 11.7. The molecule has 1 N–H and O–H groups in total. The molecule has 7 heteroatoms. The van der Waals surface area contributed by atoms with E-state index >= 15 is 0 Å². The summed E-state index contributed by atoms with van der Waals surface area (Å²) >= 11 is 0. The summed E-state index contributed by atoms with van der Waals surface area (Å²) < 4.78 is 0. The predicted octanol–water partition coefficient (Wildman–Crippen LogP) is 6.53. The van der Waals surface area contributed by atoms with Gasteiger partial charge in [-0.2, -0.15) is 0 Å². The Bertz CT molecular complexity index is 1260. The van der Waals surface area contributed by atoms with Crippen LogP contribution in [0.15, 0.2) is 103 Å². The molecule has 4 rings (SSSR count). The first-order valence-electron chi connectivity index (χ1n) is 13.2. The molecule has 6 nitrogen and oxygen atoms in total. The number of para-hydroxylation sites is 1. The molecule has 1 aliphatic rings. The monoisotopic (exact) mass is 566 g/mol. The van der Waals surface area contributed by atoms with E-state index in [9.17, 15) is 14.7 Å². The molecule has 0 spiro atoms. The third kappa shape index (κ3) is 8.22. The Labute approximate surface area is 240 Å². The number of unbranched alkanes of at least 4 members (excludes halogenated alkanes) is 1. The molecule has 0 unspecified atom stereocenters. The summed E-state index contributed by atoms with van der Waals surface area (Å²) in [6, 6.07) is 25.8. The number of aliphatic carboxylic acids is 1. The summed E-state index contributed by atoms with van der Waals surface area (Å²) in [4.78, 5) is 32.5. The zero-order chi connectivity index (χ0) is 26.7. The van der Waals surface area contributed by atoms with E-state index in [0.717, 1.165) is 31.4 Å². The molecule has 3 aromatic carbocycles. The van der Waals surface area contributed by atoms with Crippen molar-refractivity contribution in [2.24, 2.45) is 4.99 Å². The molecule has 206 valence electrons. The minimum atomic E-state index is -0.976. The van der Waals surface area contributed by atoms with Crippen molar-refractivity contribution in [3.05, 3.63) is 120 Å². The van der Waals surface area contributed by atoms with Gasteiger partial charge in [-0.3, -0.25) is 9.89 Å². The molecule has 1 heterocycles. The van der Waals surface area contributed by atoms with Crippen LogP contribution in [0.1, 0.15) is 48.8 Å². The number of carbonyl (C=O) groups excluding carboxylic acids is 1. The molecule has 0 radical (unpaired) electrons. The van der Waals surface area contributed by atoms with Gasteiger partial charge in [0.1, 0.15) is 6.04 Å². The summed E-state index contributed by atoms with van der Waals surface area (Å²) in [5.41, 5.74) is 3.62. The number of hydrogen-bond acceptors (Lipinski definition) is 4. The minimum absolute atomic E-state index is 0. The van der Waals surface area contributed by atoms with Crippen molar-refractivity contribution in [2.75, 3.05) is 6.54 Å². The molecule has 2 atom stereocenters. The van der Waals surface area contributed by atoms with Crippen molar-refractivity contribution in [3.8, 4) is 0 Å². The van der Waals surface area contributed by atoms with E-state index in [1.807, 2.05) is 66.7 Å². The molecule has 1 saturated heterocycles. The van der Waals surface area contributed by atoms with E-state index in [-0.39, 0.29) is 28.4 Å². The van der Waals surface area contributed by atoms with Crippen LogP contribution in [0.5, 0.6) is 0 Å². The number of benzene rings is 3. The Morgan fingerprint density at radius 2 is 1.69 bits per heavy atom. The smallest absolute Gasteiger partial charge is 0.328 e. The fraction of sp³-hybridized carbons (Fsp3) is 0.281. The number of aliphatic imine (C=N–C) groups is 1. The second-order valence-electron chi connectivity index (χ2n) is 9.50. The fourth-order valence-corrected chi connectivity index (χ4v) is 4.83. The predicted molar refractivity (Wildman–Crippen MR) is 152 cm³/mol. The maximum Gasteiger partial charge on any atom is 0.328 e. The number of nitrogens with zero attached hydrogens (tertiary/aromatic N) is 3. The van der Waals surface area contributed by atoms with Crippen LogP contribution in [0.3, 0.4) is 0 Å². The molecular formula is C32H34N3NiO3-. The average molecular weight is 567 g/mol. The van der Waals surface area contributed by atoms with Crippen molar-refractivity contribution in [2.45, 2.75) is 50.7 Å². The first kappa shape index (κ1) is 30.0. The third-order valence-corrected chi connectivity index (χ3v) is 6.77. The van der Waals surface area contributed by atoms with Gasteiger partial charge >= 0.3 is 5.97 Å². The molecular weight excluding hydrogens is 533 g/mol. The van der Waals surface area contributed by atoms with Gasteiger partial charge in [0.15, 0.2) is 0 Å². The normalized spacial score (nSPS) is 16.2. The average Bonchev–Trinajstić information content (AvgIpc) is 3.40. The molecule has 0 aliphatic carbocycles. The second-order valence-corrected chi connectivity index (χ2v) is 9.50. The van der Waals surface area contributed by atoms with E-state index in [0.29, 0.717) is 36.3 Å². The Hall–Kier alpha value is -3.54. The van der Waals surface area contributed by atoms with Gasteiger partial charge in [0.2, 0.25) is 0 Å². The van der Waals surface area contributed by atoms with Gasteiger partial charge < -0.3 is 15.2 Å². The largest absolute Gasteiger partial charge is 0.625 e. The van der Waals surface area contributed by atoms with Crippen molar-refractivity contribution in [3.63, 3.8) is 0 Å². The van der Waals surface area contributed by atoms with Gasteiger partial charge in [-0.05, 0) is 49.8 Å². The number of amides is 1. The Morgan fingerprint density at radius 1 is 1.03 bits per heavy atom. The van der Waals surface area contributed by atoms with Crippen LogP contribution in [-0.4, -0.2) is 46.2 Å². The van der Waals surface area contributed by atoms with Crippen molar-refractivity contribution < 1.29 is 31.2 Å². The van der Waals surface area contributed by atoms with Crippen LogP contribution in [0.4, 0.5) is 5.69 Å². The maximum absolute atomic E-state index is 13.5. The molecule has 39 heavy (non-hydrogen) atoms. The SMILES string of the molecule is C=CCCC[C@H](N=C(c1ccccc1)c1ccccc1[N-]C(=O)[C@@H]1CCCN1Cc1ccccc1)C(=O)O.[Ni]. The second kappa shape index (κ2) is 15.2. The first-order chi connectivity index (χ1) is 18.6. The minimum Gasteiger partial charge on any atom is -0.625 e. The first-order valence-corrected chi connectivity index (χ1v) is 13.2. The quantitative estimate of drug-likeness (QED) is 0.117. The zero-order valence-corrected chi connectivity index (χ0v) is 22.9. The van der Waals surface area contributed by atoms with Crippen molar-refractivity contribution >= 4 is 23.3 Å². The van der Waals surface area contributed by atoms with Gasteiger partial charge in [0.05, 0.1) is 17.7 Å². The number of hydrogen-bond donors (Lipinski definition) is 1. The standard InChI is InChI=1S/C32H35N3O3.Ni/c1-2-3-6-20-28(32(37)38)33-30(25-16-9-5-10-17-25)26-18-11-12-19-27(26)34-31(36)29-21-13-22-35(29)23-24-14-7-4-8-15-24;/h2,4-5,7-12,14-19,28-29H,1,3,6,13,20-23H2,(H2,33,34,36,37,38);/p-1/t28-,29-;/m0./s1. The summed E-state index contributed by atoms with van der Waals surface area (Å²) in [6.07, 6.45) is 5.29. The van der Waals surface area contributed by atoms with E-state index in [1.54, 1.807) is 12.1 Å². The fourth-order valence-electron chi connectivity index (χ4n) is 4.83. The van der Waals surface area contributed by atoms with E-state index in [1.165, 1.54) is 5.56 Å². The maximum atomic E-state index is 13.5. The molecule has 3 aromatic rings. The number of likely N-dealkylation sites (tertiary alicyclic amines) is 1. The van der Waals surface area contributed by atoms with Crippen LogP contribution in [0, 0.1) is 0 Å².